The van der Waals surface area contributed by atoms with Gasteiger partial charge in [-0.1, -0.05) is 24.3 Å². The fourth-order valence-electron chi connectivity index (χ4n) is 3.45. The van der Waals surface area contributed by atoms with E-state index in [0.717, 1.165) is 11.1 Å². The monoisotopic (exact) mass is 256 g/mol. The lowest BCUT2D eigenvalue weighted by Crippen LogP contribution is -2.46. The number of aryl methyl sites for hydroxylation is 1. The van der Waals surface area contributed by atoms with E-state index in [2.05, 4.69) is 0 Å². The van der Waals surface area contributed by atoms with Gasteiger partial charge in [-0.15, -0.1) is 0 Å². The largest absolute Gasteiger partial charge is 0.394 e. The molecule has 98 valence electrons. The van der Waals surface area contributed by atoms with Crippen LogP contribution >= 0.6 is 0 Å². The molecule has 0 unspecified atom stereocenters. The van der Waals surface area contributed by atoms with Gasteiger partial charge in [0, 0.05) is 6.61 Å². The Morgan fingerprint density at radius 3 is 2.67 bits per heavy atom. The second kappa shape index (κ2) is 3.98. The third kappa shape index (κ3) is 1.66. The molecule has 0 bridgehead atoms. The smallest absolute Gasteiger partial charge is 0.370 e. The Kier molecular flexibility index (Phi) is 2.66. The predicted octanol–water partition coefficient (Wildman–Crippen LogP) is 3.82. The van der Waals surface area contributed by atoms with Crippen molar-refractivity contribution in [2.24, 2.45) is 5.92 Å². The fourth-order valence-corrected chi connectivity index (χ4v) is 3.45. The summed E-state index contributed by atoms with van der Waals surface area (Å²) in [6.45, 7) is 0.431. The molecule has 1 saturated heterocycles. The molecule has 1 aromatic rings. The topological polar surface area (TPSA) is 9.23 Å². The van der Waals surface area contributed by atoms with Gasteiger partial charge in [0.05, 0.1) is 5.92 Å². The number of ether oxygens (including phenoxy) is 1. The summed E-state index contributed by atoms with van der Waals surface area (Å²) in [6.07, 6.45) is -2.36. The lowest BCUT2D eigenvalue weighted by molar-refractivity contribution is -0.237. The Hall–Kier alpha value is -1.03. The third-order valence-corrected chi connectivity index (χ3v) is 4.19. The molecule has 3 rings (SSSR count). The Labute approximate surface area is 104 Å². The van der Waals surface area contributed by atoms with Crippen LogP contribution in [0.5, 0.6) is 0 Å². The van der Waals surface area contributed by atoms with Gasteiger partial charge in [-0.25, -0.2) is 0 Å². The first-order valence-electron chi connectivity index (χ1n) is 6.33. The summed E-state index contributed by atoms with van der Waals surface area (Å²) in [5, 5.41) is 0. The van der Waals surface area contributed by atoms with E-state index in [0.29, 0.717) is 25.9 Å². The Balaban J connectivity index is 2.12. The number of hydrogen-bond donors (Lipinski definition) is 0. The van der Waals surface area contributed by atoms with E-state index < -0.39 is 17.7 Å². The van der Waals surface area contributed by atoms with Crippen LogP contribution in [0.15, 0.2) is 24.3 Å². The molecule has 2 atom stereocenters. The highest BCUT2D eigenvalue weighted by Gasteiger charge is 2.58. The zero-order chi connectivity index (χ0) is 12.8. The number of fused-ring (bicyclic) bond motifs is 2. The van der Waals surface area contributed by atoms with Gasteiger partial charge in [-0.3, -0.25) is 0 Å². The van der Waals surface area contributed by atoms with E-state index in [4.69, 9.17) is 4.74 Å². The fraction of sp³-hybridized carbons (Fsp3) is 0.571. The van der Waals surface area contributed by atoms with Crippen molar-refractivity contribution in [3.8, 4) is 0 Å². The Bertz CT molecular complexity index is 447. The van der Waals surface area contributed by atoms with Crippen molar-refractivity contribution in [1.29, 1.82) is 0 Å². The first-order valence-corrected chi connectivity index (χ1v) is 6.33. The average molecular weight is 256 g/mol. The molecule has 1 aliphatic heterocycles. The van der Waals surface area contributed by atoms with Gasteiger partial charge in [0.2, 0.25) is 0 Å². The summed E-state index contributed by atoms with van der Waals surface area (Å²) < 4.78 is 45.4. The normalized spacial score (nSPS) is 31.6. The van der Waals surface area contributed by atoms with Gasteiger partial charge in [-0.2, -0.15) is 13.2 Å². The van der Waals surface area contributed by atoms with E-state index in [1.165, 1.54) is 0 Å². The van der Waals surface area contributed by atoms with Crippen LogP contribution in [0, 0.1) is 5.92 Å². The van der Waals surface area contributed by atoms with E-state index in [-0.39, 0.29) is 6.42 Å². The average Bonchev–Trinajstić information content (AvgIpc) is 2.78. The quantitative estimate of drug-likeness (QED) is 0.685. The molecule has 0 saturated carbocycles. The number of alkyl halides is 3. The Morgan fingerprint density at radius 1 is 1.22 bits per heavy atom. The molecular formula is C14H15F3O. The van der Waals surface area contributed by atoms with Crippen LogP contribution in [-0.2, 0) is 16.8 Å². The van der Waals surface area contributed by atoms with Crippen LogP contribution in [0.2, 0.25) is 0 Å². The predicted molar refractivity (Wildman–Crippen MR) is 61.2 cm³/mol. The molecule has 0 amide bonds. The molecule has 1 aliphatic carbocycles. The minimum absolute atomic E-state index is 0.139. The van der Waals surface area contributed by atoms with E-state index in [1.807, 2.05) is 12.1 Å². The summed E-state index contributed by atoms with van der Waals surface area (Å²) in [5.74, 6) is -1.36. The molecule has 0 aromatic heterocycles. The molecule has 0 radical (unpaired) electrons. The van der Waals surface area contributed by atoms with Crippen molar-refractivity contribution in [1.82, 2.24) is 0 Å². The maximum absolute atomic E-state index is 13.3. The molecule has 1 nitrogen and oxygen atoms in total. The van der Waals surface area contributed by atoms with Crippen LogP contribution in [-0.4, -0.2) is 12.8 Å². The second-order valence-electron chi connectivity index (χ2n) is 5.13. The molecule has 1 heterocycles. The summed E-state index contributed by atoms with van der Waals surface area (Å²) in [4.78, 5) is 0. The highest BCUT2D eigenvalue weighted by molar-refractivity contribution is 5.37. The van der Waals surface area contributed by atoms with Crippen LogP contribution in [0.3, 0.4) is 0 Å². The van der Waals surface area contributed by atoms with Crippen LogP contribution in [0.25, 0.3) is 0 Å². The maximum atomic E-state index is 13.3. The van der Waals surface area contributed by atoms with Crippen molar-refractivity contribution in [2.45, 2.75) is 37.5 Å². The van der Waals surface area contributed by atoms with Crippen molar-refractivity contribution in [2.75, 3.05) is 6.61 Å². The van der Waals surface area contributed by atoms with Crippen LogP contribution in [0.1, 0.15) is 30.4 Å². The number of halogens is 3. The van der Waals surface area contributed by atoms with E-state index in [1.54, 1.807) is 12.1 Å². The highest BCUT2D eigenvalue weighted by Crippen LogP contribution is 2.54. The van der Waals surface area contributed by atoms with E-state index in [9.17, 15) is 13.2 Å². The number of rotatable bonds is 0. The molecule has 1 fully saturated rings. The number of hydrogen-bond acceptors (Lipinski definition) is 1. The molecule has 2 aliphatic rings. The van der Waals surface area contributed by atoms with Gasteiger partial charge in [0.1, 0.15) is 5.60 Å². The SMILES string of the molecule is FC(F)(F)[C@H]1CCc2ccccc2[C@@]12CCCO2. The minimum atomic E-state index is -4.18. The molecular weight excluding hydrogens is 241 g/mol. The maximum Gasteiger partial charge on any atom is 0.394 e. The van der Waals surface area contributed by atoms with Gasteiger partial charge >= 0.3 is 6.18 Å². The summed E-state index contributed by atoms with van der Waals surface area (Å²) in [5.41, 5.74) is 0.656. The molecule has 4 heteroatoms. The Morgan fingerprint density at radius 2 is 2.00 bits per heavy atom. The molecule has 1 aromatic carbocycles. The first kappa shape index (κ1) is 12.0. The van der Waals surface area contributed by atoms with Gasteiger partial charge in [0.25, 0.3) is 0 Å². The second-order valence-corrected chi connectivity index (χ2v) is 5.13. The summed E-state index contributed by atoms with van der Waals surface area (Å²) in [6, 6.07) is 7.42. The summed E-state index contributed by atoms with van der Waals surface area (Å²) in [7, 11) is 0. The lowest BCUT2D eigenvalue weighted by Gasteiger charge is -2.42. The molecule has 0 N–H and O–H groups in total. The zero-order valence-electron chi connectivity index (χ0n) is 9.96. The van der Waals surface area contributed by atoms with E-state index >= 15 is 0 Å². The minimum Gasteiger partial charge on any atom is -0.370 e. The molecule has 18 heavy (non-hydrogen) atoms. The molecule has 1 spiro atoms. The highest BCUT2D eigenvalue weighted by atomic mass is 19.4. The van der Waals surface area contributed by atoms with Crippen molar-refractivity contribution in [3.05, 3.63) is 35.4 Å². The third-order valence-electron chi connectivity index (χ3n) is 4.19. The first-order chi connectivity index (χ1) is 8.54. The van der Waals surface area contributed by atoms with Crippen LogP contribution < -0.4 is 0 Å². The zero-order valence-corrected chi connectivity index (χ0v) is 9.96. The van der Waals surface area contributed by atoms with Gasteiger partial charge in [-0.05, 0) is 36.8 Å². The van der Waals surface area contributed by atoms with Crippen molar-refractivity contribution >= 4 is 0 Å². The summed E-state index contributed by atoms with van der Waals surface area (Å²) >= 11 is 0. The standard InChI is InChI=1S/C14H15F3O/c15-14(16,17)12-7-6-10-4-1-2-5-11(10)13(12)8-3-9-18-13/h1-2,4-5,12H,3,6-9H2/t12-,13-/m0/s1. The van der Waals surface area contributed by atoms with Crippen molar-refractivity contribution < 1.29 is 17.9 Å². The lowest BCUT2D eigenvalue weighted by atomic mass is 9.70. The van der Waals surface area contributed by atoms with Gasteiger partial charge < -0.3 is 4.74 Å². The van der Waals surface area contributed by atoms with Crippen molar-refractivity contribution in [3.63, 3.8) is 0 Å². The number of benzene rings is 1. The van der Waals surface area contributed by atoms with Gasteiger partial charge in [0.15, 0.2) is 0 Å². The van der Waals surface area contributed by atoms with Crippen LogP contribution in [0.4, 0.5) is 13.2 Å².